The fourth-order valence-electron chi connectivity index (χ4n) is 6.76. The summed E-state index contributed by atoms with van der Waals surface area (Å²) in [5.41, 5.74) is 2.13. The van der Waals surface area contributed by atoms with Gasteiger partial charge < -0.3 is 13.7 Å². The van der Waals surface area contributed by atoms with Gasteiger partial charge >= 0.3 is 11.3 Å². The summed E-state index contributed by atoms with van der Waals surface area (Å²) in [6, 6.07) is 23.6. The third kappa shape index (κ3) is 2.80. The van der Waals surface area contributed by atoms with Crippen molar-refractivity contribution in [1.82, 2.24) is 13.7 Å². The highest BCUT2D eigenvalue weighted by atomic mass is 16.5. The molecule has 0 saturated carbocycles. The van der Waals surface area contributed by atoms with Crippen LogP contribution in [0, 0.1) is 5.92 Å². The topological polar surface area (TPSA) is 88.4 Å². The smallest absolute Gasteiger partial charge is 0.343 e. The van der Waals surface area contributed by atoms with E-state index in [0.717, 1.165) is 32.0 Å². The number of hydrogen-bond acceptors (Lipinski definition) is 5. The second-order valence-corrected chi connectivity index (χ2v) is 10.5. The van der Waals surface area contributed by atoms with Gasteiger partial charge in [-0.05, 0) is 23.1 Å². The van der Waals surface area contributed by atoms with E-state index in [0.29, 0.717) is 34.5 Å². The van der Waals surface area contributed by atoms with Gasteiger partial charge in [0.2, 0.25) is 0 Å². The number of aryl methyl sites for hydroxylation is 1. The summed E-state index contributed by atoms with van der Waals surface area (Å²) >= 11 is 0. The van der Waals surface area contributed by atoms with Crippen LogP contribution in [0.15, 0.2) is 91.6 Å². The first-order valence-electron chi connectivity index (χ1n) is 12.9. The lowest BCUT2D eigenvalue weighted by Gasteiger charge is -2.35. The molecule has 0 unspecified atom stereocenters. The van der Waals surface area contributed by atoms with Gasteiger partial charge in [0.1, 0.15) is 23.1 Å². The Morgan fingerprint density at radius 3 is 2.41 bits per heavy atom. The predicted octanol–water partition coefficient (Wildman–Crippen LogP) is 4.19. The normalized spacial score (nSPS) is 19.7. The van der Waals surface area contributed by atoms with E-state index in [1.165, 1.54) is 11.6 Å². The van der Waals surface area contributed by atoms with E-state index in [1.54, 1.807) is 7.05 Å². The highest BCUT2D eigenvalue weighted by Crippen LogP contribution is 2.54. The zero-order valence-corrected chi connectivity index (χ0v) is 21.3. The van der Waals surface area contributed by atoms with Crippen LogP contribution in [0.3, 0.4) is 0 Å². The Morgan fingerprint density at radius 1 is 0.821 bits per heavy atom. The van der Waals surface area contributed by atoms with Crippen LogP contribution in [0.5, 0.6) is 5.75 Å². The number of hydrogen-bond donors (Lipinski definition) is 0. The van der Waals surface area contributed by atoms with Crippen LogP contribution in [-0.4, -0.2) is 13.7 Å². The van der Waals surface area contributed by atoms with E-state index in [1.807, 2.05) is 77.4 Å². The molecule has 0 radical (unpaired) electrons. The summed E-state index contributed by atoms with van der Waals surface area (Å²) in [6.45, 7) is 0.484. The van der Waals surface area contributed by atoms with Gasteiger partial charge in [-0.1, -0.05) is 60.7 Å². The Morgan fingerprint density at radius 2 is 1.59 bits per heavy atom. The van der Waals surface area contributed by atoms with Gasteiger partial charge in [0, 0.05) is 43.6 Å². The molecule has 0 N–H and O–H groups in total. The minimum Gasteiger partial charge on any atom is -0.484 e. The average Bonchev–Trinajstić information content (AvgIpc) is 3.52. The lowest BCUT2D eigenvalue weighted by atomic mass is 9.78. The summed E-state index contributed by atoms with van der Waals surface area (Å²) in [7, 11) is 3.15. The summed E-state index contributed by atoms with van der Waals surface area (Å²) < 4.78 is 17.4. The van der Waals surface area contributed by atoms with Crippen molar-refractivity contribution in [3.63, 3.8) is 0 Å². The van der Waals surface area contributed by atoms with E-state index in [-0.39, 0.29) is 23.5 Å². The summed E-state index contributed by atoms with van der Waals surface area (Å²) in [6.07, 6.45) is -0.348. The maximum Gasteiger partial charge on any atom is 0.343 e. The molecule has 0 bridgehead atoms. The standard InChI is InChI=1S/C31H23N3O5/c1-32-28-20(29(35)33(2)31(32)37)14-22-23-21(15-34(22)28)25(17-9-4-3-5-10-17)38-27-19-13-12-16-8-6-7-11-18(16)26(19)39-30(36)24(23)27/h3-14,21,23,25H,15H2,1-2H3/t21-,23-,25-/m1/s1. The van der Waals surface area contributed by atoms with Crippen molar-refractivity contribution in [2.75, 3.05) is 0 Å². The SMILES string of the molecule is Cn1c(=O)c2cc3n(c2n(C)c1=O)C[C@@H]1[C@H]3c2c(c3ccc4ccccc4c3oc2=O)O[C@@H]1c1ccccc1. The zero-order chi connectivity index (χ0) is 26.6. The predicted molar refractivity (Wildman–Crippen MR) is 148 cm³/mol. The fourth-order valence-corrected chi connectivity index (χ4v) is 6.76. The molecule has 3 aromatic heterocycles. The molecule has 8 nitrogen and oxygen atoms in total. The maximum absolute atomic E-state index is 13.8. The van der Waals surface area contributed by atoms with Gasteiger partial charge in [-0.3, -0.25) is 13.9 Å². The van der Waals surface area contributed by atoms with Crippen LogP contribution < -0.4 is 21.6 Å². The molecule has 8 heteroatoms. The van der Waals surface area contributed by atoms with E-state index in [2.05, 4.69) is 0 Å². The Bertz CT molecular complexity index is 2190. The van der Waals surface area contributed by atoms with Gasteiger partial charge in [-0.15, -0.1) is 0 Å². The van der Waals surface area contributed by atoms with E-state index >= 15 is 0 Å². The molecule has 0 saturated heterocycles. The molecule has 5 heterocycles. The van der Waals surface area contributed by atoms with Gasteiger partial charge in [0.15, 0.2) is 0 Å². The lowest BCUT2D eigenvalue weighted by Crippen LogP contribution is -2.37. The van der Waals surface area contributed by atoms with Crippen molar-refractivity contribution >= 4 is 32.8 Å². The van der Waals surface area contributed by atoms with Crippen molar-refractivity contribution in [3.05, 3.63) is 121 Å². The number of aromatic nitrogens is 3. The third-order valence-corrected chi connectivity index (χ3v) is 8.52. The number of rotatable bonds is 1. The first-order valence-corrected chi connectivity index (χ1v) is 12.9. The van der Waals surface area contributed by atoms with Crippen LogP contribution in [0.1, 0.15) is 28.8 Å². The fraction of sp³-hybridized carbons (Fsp3) is 0.194. The van der Waals surface area contributed by atoms with Crippen LogP contribution in [0.4, 0.5) is 0 Å². The third-order valence-electron chi connectivity index (χ3n) is 8.52. The van der Waals surface area contributed by atoms with E-state index in [4.69, 9.17) is 9.15 Å². The molecule has 2 aliphatic rings. The van der Waals surface area contributed by atoms with Crippen LogP contribution >= 0.6 is 0 Å². The molecule has 8 rings (SSSR count). The van der Waals surface area contributed by atoms with Gasteiger partial charge in [0.25, 0.3) is 5.56 Å². The van der Waals surface area contributed by atoms with Gasteiger partial charge in [-0.2, -0.15) is 0 Å². The Balaban J connectivity index is 1.47. The van der Waals surface area contributed by atoms with Gasteiger partial charge in [-0.25, -0.2) is 9.59 Å². The van der Waals surface area contributed by atoms with Crippen molar-refractivity contribution in [1.29, 1.82) is 0 Å². The molecule has 0 amide bonds. The molecule has 3 aromatic carbocycles. The van der Waals surface area contributed by atoms with Crippen LogP contribution in [0.25, 0.3) is 32.8 Å². The second-order valence-electron chi connectivity index (χ2n) is 10.5. The van der Waals surface area contributed by atoms with Crippen molar-refractivity contribution < 1.29 is 9.15 Å². The Hall–Kier alpha value is -4.85. The molecule has 3 atom stereocenters. The largest absolute Gasteiger partial charge is 0.484 e. The number of fused-ring (bicyclic) bond motifs is 11. The second kappa shape index (κ2) is 7.60. The Labute approximate surface area is 220 Å². The number of ether oxygens (including phenoxy) is 1. The lowest BCUT2D eigenvalue weighted by molar-refractivity contribution is 0.104. The maximum atomic E-state index is 13.8. The van der Waals surface area contributed by atoms with Gasteiger partial charge in [0.05, 0.1) is 16.3 Å². The molecule has 0 aliphatic carbocycles. The zero-order valence-electron chi connectivity index (χ0n) is 21.3. The van der Waals surface area contributed by atoms with Crippen LogP contribution in [0.2, 0.25) is 0 Å². The molecular formula is C31H23N3O5. The van der Waals surface area contributed by atoms with Crippen molar-refractivity contribution in [2.45, 2.75) is 18.6 Å². The van der Waals surface area contributed by atoms with Crippen LogP contribution in [-0.2, 0) is 20.6 Å². The average molecular weight is 518 g/mol. The quantitative estimate of drug-likeness (QED) is 0.241. The molecule has 6 aromatic rings. The van der Waals surface area contributed by atoms with E-state index in [9.17, 15) is 14.4 Å². The number of nitrogens with zero attached hydrogens (tertiary/aromatic N) is 3. The number of benzene rings is 3. The summed E-state index contributed by atoms with van der Waals surface area (Å²) in [4.78, 5) is 39.7. The van der Waals surface area contributed by atoms with Crippen molar-refractivity contribution in [2.24, 2.45) is 20.0 Å². The highest BCUT2D eigenvalue weighted by molar-refractivity contribution is 6.06. The van der Waals surface area contributed by atoms with Crippen molar-refractivity contribution in [3.8, 4) is 5.75 Å². The van der Waals surface area contributed by atoms with E-state index < -0.39 is 11.3 Å². The molecular weight excluding hydrogens is 494 g/mol. The Kier molecular flexibility index (Phi) is 4.32. The molecule has 2 aliphatic heterocycles. The molecule has 39 heavy (non-hydrogen) atoms. The highest BCUT2D eigenvalue weighted by Gasteiger charge is 2.49. The molecule has 0 spiro atoms. The first-order chi connectivity index (χ1) is 18.9. The minimum absolute atomic E-state index is 0.140. The minimum atomic E-state index is -0.448. The molecule has 0 fully saturated rings. The molecule has 192 valence electrons. The monoisotopic (exact) mass is 517 g/mol. The summed E-state index contributed by atoms with van der Waals surface area (Å²) in [5.74, 6) is 0.000143. The summed E-state index contributed by atoms with van der Waals surface area (Å²) in [5, 5.41) is 3.00. The first kappa shape index (κ1) is 22.2.